The van der Waals surface area contributed by atoms with Crippen LogP contribution in [0.15, 0.2) is 4.99 Å². The third-order valence-corrected chi connectivity index (χ3v) is 2.15. The molecule has 0 heterocycles. The van der Waals surface area contributed by atoms with Gasteiger partial charge in [0.25, 0.3) is 0 Å². The van der Waals surface area contributed by atoms with Crippen molar-refractivity contribution < 1.29 is 4.74 Å². The second-order valence-electron chi connectivity index (χ2n) is 4.22. The molecule has 16 heavy (non-hydrogen) atoms. The van der Waals surface area contributed by atoms with Crippen LogP contribution in [-0.4, -0.2) is 39.3 Å². The summed E-state index contributed by atoms with van der Waals surface area (Å²) in [5.41, 5.74) is 0. The summed E-state index contributed by atoms with van der Waals surface area (Å²) in [5, 5.41) is 6.44. The number of aliphatic imine (C=N–C) groups is 1. The van der Waals surface area contributed by atoms with Crippen LogP contribution in [0.3, 0.4) is 0 Å². The summed E-state index contributed by atoms with van der Waals surface area (Å²) in [7, 11) is 1.70. The molecule has 0 aliphatic carbocycles. The lowest BCUT2D eigenvalue weighted by atomic mass is 10.1. The average molecular weight is 229 g/mol. The highest BCUT2D eigenvalue weighted by Gasteiger charge is 1.96. The van der Waals surface area contributed by atoms with E-state index in [9.17, 15) is 0 Å². The minimum Gasteiger partial charge on any atom is -0.383 e. The van der Waals surface area contributed by atoms with Gasteiger partial charge in [-0.1, -0.05) is 13.8 Å². The number of guanidine groups is 1. The lowest BCUT2D eigenvalue weighted by Gasteiger charge is -2.10. The average Bonchev–Trinajstić information content (AvgIpc) is 2.24. The molecular weight excluding hydrogens is 202 g/mol. The zero-order chi connectivity index (χ0) is 12.2. The Labute approximate surface area is 99.9 Å². The van der Waals surface area contributed by atoms with Crippen molar-refractivity contribution in [1.29, 1.82) is 0 Å². The van der Waals surface area contributed by atoms with Gasteiger partial charge in [0, 0.05) is 26.7 Å². The normalized spacial score (nSPS) is 11.9. The highest BCUT2D eigenvalue weighted by molar-refractivity contribution is 5.79. The minimum absolute atomic E-state index is 0.705. The molecule has 0 aromatic heterocycles. The van der Waals surface area contributed by atoms with E-state index in [4.69, 9.17) is 4.74 Å². The Kier molecular flexibility index (Phi) is 10.2. The fourth-order valence-corrected chi connectivity index (χ4v) is 1.30. The van der Waals surface area contributed by atoms with Crippen LogP contribution in [0.25, 0.3) is 0 Å². The zero-order valence-electron chi connectivity index (χ0n) is 11.2. The maximum atomic E-state index is 4.98. The first-order valence-corrected chi connectivity index (χ1v) is 6.21. The molecule has 0 radical (unpaired) electrons. The SMILES string of the molecule is CCNC(=NCCCC(C)C)NCCOC. The van der Waals surface area contributed by atoms with Gasteiger partial charge in [-0.3, -0.25) is 4.99 Å². The van der Waals surface area contributed by atoms with E-state index in [1.807, 2.05) is 0 Å². The molecule has 0 spiro atoms. The van der Waals surface area contributed by atoms with Gasteiger partial charge in [0.2, 0.25) is 0 Å². The predicted molar refractivity (Wildman–Crippen MR) is 69.9 cm³/mol. The van der Waals surface area contributed by atoms with E-state index in [0.29, 0.717) is 6.61 Å². The van der Waals surface area contributed by atoms with Gasteiger partial charge < -0.3 is 15.4 Å². The molecule has 0 bridgehead atoms. The molecule has 0 aliphatic heterocycles. The molecule has 0 aromatic rings. The molecule has 4 heteroatoms. The van der Waals surface area contributed by atoms with Crippen molar-refractivity contribution in [2.75, 3.05) is 33.4 Å². The minimum atomic E-state index is 0.705. The highest BCUT2D eigenvalue weighted by Crippen LogP contribution is 2.02. The molecule has 0 saturated carbocycles. The molecule has 2 N–H and O–H groups in total. The number of nitrogens with one attached hydrogen (secondary N) is 2. The zero-order valence-corrected chi connectivity index (χ0v) is 11.2. The van der Waals surface area contributed by atoms with Gasteiger partial charge in [0.1, 0.15) is 0 Å². The Bertz CT molecular complexity index is 181. The van der Waals surface area contributed by atoms with E-state index in [-0.39, 0.29) is 0 Å². The molecule has 0 atom stereocenters. The summed E-state index contributed by atoms with van der Waals surface area (Å²) < 4.78 is 4.98. The van der Waals surface area contributed by atoms with Gasteiger partial charge in [0.05, 0.1) is 6.61 Å². The summed E-state index contributed by atoms with van der Waals surface area (Å²) in [6.45, 7) is 9.84. The van der Waals surface area contributed by atoms with Crippen molar-refractivity contribution in [2.24, 2.45) is 10.9 Å². The van der Waals surface area contributed by atoms with Gasteiger partial charge in [-0.15, -0.1) is 0 Å². The molecule has 4 nitrogen and oxygen atoms in total. The van der Waals surface area contributed by atoms with Crippen molar-refractivity contribution >= 4 is 5.96 Å². The predicted octanol–water partition coefficient (Wildman–Crippen LogP) is 1.62. The molecule has 96 valence electrons. The molecule has 0 aromatic carbocycles. The van der Waals surface area contributed by atoms with E-state index in [1.165, 1.54) is 6.42 Å². The fourth-order valence-electron chi connectivity index (χ4n) is 1.30. The highest BCUT2D eigenvalue weighted by atomic mass is 16.5. The third kappa shape index (κ3) is 9.77. The first-order valence-electron chi connectivity index (χ1n) is 6.21. The molecule has 0 fully saturated rings. The fraction of sp³-hybridized carbons (Fsp3) is 0.917. The molecular formula is C12H27N3O. The van der Waals surface area contributed by atoms with Gasteiger partial charge in [-0.2, -0.15) is 0 Å². The second-order valence-corrected chi connectivity index (χ2v) is 4.22. The molecule has 0 unspecified atom stereocenters. The van der Waals surface area contributed by atoms with Crippen LogP contribution >= 0.6 is 0 Å². The maximum Gasteiger partial charge on any atom is 0.191 e. The smallest absolute Gasteiger partial charge is 0.191 e. The van der Waals surface area contributed by atoms with Crippen LogP contribution in [-0.2, 0) is 4.74 Å². The van der Waals surface area contributed by atoms with Crippen LogP contribution in [0.1, 0.15) is 33.6 Å². The Hall–Kier alpha value is -0.770. The van der Waals surface area contributed by atoms with Gasteiger partial charge >= 0.3 is 0 Å². The summed E-state index contributed by atoms with van der Waals surface area (Å²) >= 11 is 0. The number of hydrogen-bond donors (Lipinski definition) is 2. The van der Waals surface area contributed by atoms with E-state index >= 15 is 0 Å². The van der Waals surface area contributed by atoms with E-state index in [2.05, 4.69) is 36.4 Å². The van der Waals surface area contributed by atoms with Crippen LogP contribution in [0, 0.1) is 5.92 Å². The van der Waals surface area contributed by atoms with Crippen molar-refractivity contribution in [3.63, 3.8) is 0 Å². The van der Waals surface area contributed by atoms with E-state index < -0.39 is 0 Å². The van der Waals surface area contributed by atoms with E-state index in [0.717, 1.165) is 37.9 Å². The second kappa shape index (κ2) is 10.7. The number of hydrogen-bond acceptors (Lipinski definition) is 2. The number of rotatable bonds is 8. The van der Waals surface area contributed by atoms with Crippen LogP contribution < -0.4 is 10.6 Å². The first kappa shape index (κ1) is 15.2. The van der Waals surface area contributed by atoms with Crippen molar-refractivity contribution in [1.82, 2.24) is 10.6 Å². The summed E-state index contributed by atoms with van der Waals surface area (Å²) in [4.78, 5) is 4.50. The standard InChI is InChI=1S/C12H27N3O/c1-5-13-12(15-9-10-16-4)14-8-6-7-11(2)3/h11H,5-10H2,1-4H3,(H2,13,14,15). The quantitative estimate of drug-likeness (QED) is 0.378. The lowest BCUT2D eigenvalue weighted by Crippen LogP contribution is -2.39. The molecule has 0 saturated heterocycles. The number of nitrogens with zero attached hydrogens (tertiary/aromatic N) is 1. The molecule has 0 aliphatic rings. The Morgan fingerprint density at radius 3 is 2.62 bits per heavy atom. The summed E-state index contributed by atoms with van der Waals surface area (Å²) in [5.74, 6) is 1.66. The lowest BCUT2D eigenvalue weighted by molar-refractivity contribution is 0.203. The Morgan fingerprint density at radius 2 is 2.06 bits per heavy atom. The van der Waals surface area contributed by atoms with Crippen LogP contribution in [0.4, 0.5) is 0 Å². The van der Waals surface area contributed by atoms with Gasteiger partial charge in [0.15, 0.2) is 5.96 Å². The van der Waals surface area contributed by atoms with Crippen molar-refractivity contribution in [3.8, 4) is 0 Å². The van der Waals surface area contributed by atoms with Crippen molar-refractivity contribution in [2.45, 2.75) is 33.6 Å². The number of methoxy groups -OCH3 is 1. The van der Waals surface area contributed by atoms with Crippen LogP contribution in [0.2, 0.25) is 0 Å². The maximum absolute atomic E-state index is 4.98. The van der Waals surface area contributed by atoms with E-state index in [1.54, 1.807) is 7.11 Å². The van der Waals surface area contributed by atoms with Gasteiger partial charge in [-0.25, -0.2) is 0 Å². The third-order valence-electron chi connectivity index (χ3n) is 2.15. The number of ether oxygens (including phenoxy) is 1. The Morgan fingerprint density at radius 1 is 1.31 bits per heavy atom. The van der Waals surface area contributed by atoms with Crippen LogP contribution in [0.5, 0.6) is 0 Å². The molecule has 0 rings (SSSR count). The largest absolute Gasteiger partial charge is 0.383 e. The van der Waals surface area contributed by atoms with Gasteiger partial charge in [-0.05, 0) is 25.7 Å². The Balaban J connectivity index is 3.74. The summed E-state index contributed by atoms with van der Waals surface area (Å²) in [6.07, 6.45) is 2.39. The topological polar surface area (TPSA) is 45.7 Å². The molecule has 0 amide bonds. The van der Waals surface area contributed by atoms with Crippen molar-refractivity contribution in [3.05, 3.63) is 0 Å². The first-order chi connectivity index (χ1) is 7.70. The monoisotopic (exact) mass is 229 g/mol. The summed E-state index contributed by atoms with van der Waals surface area (Å²) in [6, 6.07) is 0.